The van der Waals surface area contributed by atoms with Crippen molar-refractivity contribution >= 4 is 11.8 Å². The van der Waals surface area contributed by atoms with Crippen LogP contribution in [-0.4, -0.2) is 0 Å². The summed E-state index contributed by atoms with van der Waals surface area (Å²) < 4.78 is 7.29. The molecule has 0 aromatic heterocycles. The number of ether oxygens (including phenoxy) is 1. The van der Waals surface area contributed by atoms with Crippen LogP contribution in [0.5, 0.6) is 0 Å². The Hall–Kier alpha value is -2.81. The normalized spacial score (nSPS) is 24.4. The number of rotatable bonds is 2. The average molecular weight is 393 g/mol. The van der Waals surface area contributed by atoms with Gasteiger partial charge in [0, 0.05) is 16.9 Å². The summed E-state index contributed by atoms with van der Waals surface area (Å²) in [6.45, 7) is 0. The summed E-state index contributed by atoms with van der Waals surface area (Å²) in [5.41, 5.74) is 5.77. The van der Waals surface area contributed by atoms with Gasteiger partial charge in [-0.05, 0) is 28.3 Å². The van der Waals surface area contributed by atoms with Crippen LogP contribution in [0, 0.1) is 0 Å². The molecule has 0 saturated carbocycles. The Morgan fingerprint density at radius 3 is 1.93 bits per heavy atom. The van der Waals surface area contributed by atoms with Gasteiger partial charge in [0.15, 0.2) is 4.93 Å². The molecule has 4 aromatic rings. The molecule has 2 bridgehead atoms. The summed E-state index contributed by atoms with van der Waals surface area (Å²) in [7, 11) is 0. The molecule has 2 aliphatic heterocycles. The number of hydrogen-bond acceptors (Lipinski definition) is 2. The van der Waals surface area contributed by atoms with Crippen molar-refractivity contribution in [2.75, 3.05) is 0 Å². The molecule has 0 fully saturated rings. The Labute approximate surface area is 175 Å². The Balaban J connectivity index is 1.72. The van der Waals surface area contributed by atoms with E-state index in [0.717, 1.165) is 6.42 Å². The zero-order valence-corrected chi connectivity index (χ0v) is 16.7. The molecule has 2 aliphatic rings. The first-order valence-corrected chi connectivity index (χ1v) is 10.8. The lowest BCUT2D eigenvalue weighted by molar-refractivity contribution is -0.0484. The Kier molecular flexibility index (Phi) is 3.74. The Morgan fingerprint density at radius 1 is 0.586 bits per heavy atom. The number of benzene rings is 4. The van der Waals surface area contributed by atoms with Gasteiger partial charge in [-0.2, -0.15) is 0 Å². The van der Waals surface area contributed by atoms with Gasteiger partial charge < -0.3 is 4.74 Å². The highest BCUT2D eigenvalue weighted by Gasteiger charge is 2.57. The quantitative estimate of drug-likeness (QED) is 0.384. The van der Waals surface area contributed by atoms with E-state index in [9.17, 15) is 0 Å². The van der Waals surface area contributed by atoms with Crippen LogP contribution in [0.3, 0.4) is 0 Å². The summed E-state index contributed by atoms with van der Waals surface area (Å²) in [5.74, 6) is 0. The van der Waals surface area contributed by atoms with E-state index in [0.29, 0.717) is 0 Å². The standard InChI is InChI=1S/C27H20OS/c1-3-12-21(13-4-1)26-19-20-11-7-10-18-25(20)29-27(28-26,22-14-5-2-6-15-22)24-17-9-8-16-23(24)26/h1-18H,19H2. The highest BCUT2D eigenvalue weighted by Crippen LogP contribution is 2.63. The summed E-state index contributed by atoms with van der Waals surface area (Å²) in [6, 6.07) is 38.9. The second-order valence-electron chi connectivity index (χ2n) is 7.71. The van der Waals surface area contributed by atoms with Crippen molar-refractivity contribution in [1.29, 1.82) is 0 Å². The molecule has 0 radical (unpaired) electrons. The van der Waals surface area contributed by atoms with Gasteiger partial charge in [0.05, 0.1) is 0 Å². The molecular weight excluding hydrogens is 372 g/mol. The third-order valence-electron chi connectivity index (χ3n) is 6.09. The molecule has 4 aromatic carbocycles. The van der Waals surface area contributed by atoms with Gasteiger partial charge in [0.2, 0.25) is 0 Å². The largest absolute Gasteiger partial charge is 0.339 e. The molecule has 2 unspecified atom stereocenters. The SMILES string of the molecule is c1ccc(C23Cc4ccccc4SC(c4ccccc4)(O2)c2ccccc23)cc1. The summed E-state index contributed by atoms with van der Waals surface area (Å²) in [6.07, 6.45) is 0.825. The van der Waals surface area contributed by atoms with Gasteiger partial charge in [-0.3, -0.25) is 0 Å². The molecule has 0 amide bonds. The molecule has 29 heavy (non-hydrogen) atoms. The minimum atomic E-state index is -0.569. The van der Waals surface area contributed by atoms with Crippen LogP contribution in [-0.2, 0) is 21.7 Å². The lowest BCUT2D eigenvalue weighted by Gasteiger charge is -2.34. The first-order chi connectivity index (χ1) is 14.3. The highest BCUT2D eigenvalue weighted by molar-refractivity contribution is 8.00. The molecule has 1 nitrogen and oxygen atoms in total. The van der Waals surface area contributed by atoms with Crippen molar-refractivity contribution < 1.29 is 4.74 Å². The maximum absolute atomic E-state index is 7.29. The van der Waals surface area contributed by atoms with Crippen molar-refractivity contribution in [3.63, 3.8) is 0 Å². The topological polar surface area (TPSA) is 9.23 Å². The van der Waals surface area contributed by atoms with Crippen molar-refractivity contribution in [2.45, 2.75) is 21.9 Å². The van der Waals surface area contributed by atoms with Crippen LogP contribution in [0.2, 0.25) is 0 Å². The maximum Gasteiger partial charge on any atom is 0.171 e. The second kappa shape index (κ2) is 6.35. The van der Waals surface area contributed by atoms with Crippen LogP contribution in [0.15, 0.2) is 114 Å². The Bertz CT molecular complexity index is 1090. The molecular formula is C27H20OS. The predicted octanol–water partition coefficient (Wildman–Crippen LogP) is 6.51. The molecule has 2 atom stereocenters. The fourth-order valence-corrected chi connectivity index (χ4v) is 6.27. The average Bonchev–Trinajstić information content (AvgIpc) is 2.97. The van der Waals surface area contributed by atoms with Crippen molar-refractivity contribution in [3.8, 4) is 0 Å². The van der Waals surface area contributed by atoms with Crippen molar-refractivity contribution in [3.05, 3.63) is 137 Å². The summed E-state index contributed by atoms with van der Waals surface area (Å²) >= 11 is 1.83. The van der Waals surface area contributed by atoms with Gasteiger partial charge in [-0.1, -0.05) is 115 Å². The zero-order valence-electron chi connectivity index (χ0n) is 15.9. The molecule has 140 valence electrons. The molecule has 2 heterocycles. The first kappa shape index (κ1) is 17.1. The lowest BCUT2D eigenvalue weighted by Crippen LogP contribution is -2.33. The van der Waals surface area contributed by atoms with Crippen LogP contribution < -0.4 is 0 Å². The van der Waals surface area contributed by atoms with Crippen molar-refractivity contribution in [1.82, 2.24) is 0 Å². The summed E-state index contributed by atoms with van der Waals surface area (Å²) in [5, 5.41) is 0. The molecule has 2 heteroatoms. The molecule has 0 spiro atoms. The van der Waals surface area contributed by atoms with Gasteiger partial charge >= 0.3 is 0 Å². The maximum atomic E-state index is 7.29. The molecule has 0 aliphatic carbocycles. The van der Waals surface area contributed by atoms with Gasteiger partial charge in [-0.25, -0.2) is 0 Å². The van der Waals surface area contributed by atoms with Crippen LogP contribution in [0.25, 0.3) is 0 Å². The van der Waals surface area contributed by atoms with E-state index in [4.69, 9.17) is 4.74 Å². The van der Waals surface area contributed by atoms with E-state index in [1.807, 2.05) is 11.8 Å². The van der Waals surface area contributed by atoms with Crippen LogP contribution in [0.4, 0.5) is 0 Å². The van der Waals surface area contributed by atoms with E-state index < -0.39 is 10.5 Å². The third-order valence-corrected chi connectivity index (χ3v) is 7.54. The van der Waals surface area contributed by atoms with Crippen molar-refractivity contribution in [2.24, 2.45) is 0 Å². The van der Waals surface area contributed by atoms with Gasteiger partial charge in [0.1, 0.15) is 5.60 Å². The van der Waals surface area contributed by atoms with Gasteiger partial charge in [0.25, 0.3) is 0 Å². The van der Waals surface area contributed by atoms with Crippen LogP contribution in [0.1, 0.15) is 27.8 Å². The fourth-order valence-electron chi connectivity index (χ4n) is 4.81. The first-order valence-electron chi connectivity index (χ1n) is 10.00. The van der Waals surface area contributed by atoms with E-state index >= 15 is 0 Å². The van der Waals surface area contributed by atoms with E-state index in [1.54, 1.807) is 0 Å². The minimum Gasteiger partial charge on any atom is -0.339 e. The number of fused-ring (bicyclic) bond motifs is 6. The molecule has 0 saturated heterocycles. The second-order valence-corrected chi connectivity index (χ2v) is 8.93. The lowest BCUT2D eigenvalue weighted by atomic mass is 9.80. The molecule has 0 N–H and O–H groups in total. The monoisotopic (exact) mass is 392 g/mol. The van der Waals surface area contributed by atoms with Crippen LogP contribution >= 0.6 is 11.8 Å². The predicted molar refractivity (Wildman–Crippen MR) is 118 cm³/mol. The third kappa shape index (κ3) is 2.40. The fraction of sp³-hybridized carbons (Fsp3) is 0.111. The van der Waals surface area contributed by atoms with Gasteiger partial charge in [-0.15, -0.1) is 0 Å². The Morgan fingerprint density at radius 2 is 1.17 bits per heavy atom. The highest BCUT2D eigenvalue weighted by atomic mass is 32.2. The number of hydrogen-bond donors (Lipinski definition) is 0. The minimum absolute atomic E-state index is 0.507. The molecule has 6 rings (SSSR count). The summed E-state index contributed by atoms with van der Waals surface area (Å²) in [4.78, 5) is 0.726. The van der Waals surface area contributed by atoms with E-state index in [1.165, 1.54) is 32.7 Å². The van der Waals surface area contributed by atoms with E-state index in [-0.39, 0.29) is 0 Å². The number of thioether (sulfide) groups is 1. The zero-order chi connectivity index (χ0) is 19.3. The smallest absolute Gasteiger partial charge is 0.171 e. The van der Waals surface area contributed by atoms with E-state index in [2.05, 4.69) is 109 Å².